The molecular formula is C11H15N5O3. The van der Waals surface area contributed by atoms with E-state index in [-0.39, 0.29) is 18.1 Å². The third kappa shape index (κ3) is 3.04. The predicted octanol–water partition coefficient (Wildman–Crippen LogP) is 0.0303. The van der Waals surface area contributed by atoms with Gasteiger partial charge in [-0.3, -0.25) is 4.79 Å². The lowest BCUT2D eigenvalue weighted by Crippen LogP contribution is -2.39. The molecular weight excluding hydrogens is 250 g/mol. The summed E-state index contributed by atoms with van der Waals surface area (Å²) in [5, 5.41) is 9.91. The first-order chi connectivity index (χ1) is 9.03. The van der Waals surface area contributed by atoms with Crippen molar-refractivity contribution >= 4 is 0 Å². The van der Waals surface area contributed by atoms with E-state index in [0.29, 0.717) is 18.1 Å². The standard InChI is InChI=1S/C11H15N5O3/c1-3-18-6-11(2,12)10-13-9(19-16-10)7-4-5-8(17)15-14-7/h4-5H,3,6,12H2,1-2H3,(H,15,17). The van der Waals surface area contributed by atoms with Crippen molar-refractivity contribution in [2.75, 3.05) is 13.2 Å². The fraction of sp³-hybridized carbons (Fsp3) is 0.455. The molecule has 2 rings (SSSR count). The van der Waals surface area contributed by atoms with Gasteiger partial charge in [-0.05, 0) is 19.9 Å². The Kier molecular flexibility index (Phi) is 3.72. The van der Waals surface area contributed by atoms with Crippen LogP contribution in [0.1, 0.15) is 19.7 Å². The van der Waals surface area contributed by atoms with Crippen LogP contribution in [-0.4, -0.2) is 33.6 Å². The molecule has 0 saturated heterocycles. The number of nitrogens with two attached hydrogens (primary N) is 1. The minimum absolute atomic E-state index is 0.194. The summed E-state index contributed by atoms with van der Waals surface area (Å²) >= 11 is 0. The number of H-pyrrole nitrogens is 1. The van der Waals surface area contributed by atoms with Gasteiger partial charge in [0.05, 0.1) is 6.61 Å². The third-order valence-electron chi connectivity index (χ3n) is 2.44. The van der Waals surface area contributed by atoms with E-state index in [4.69, 9.17) is 15.0 Å². The lowest BCUT2D eigenvalue weighted by molar-refractivity contribution is 0.0962. The first-order valence-corrected chi connectivity index (χ1v) is 5.80. The van der Waals surface area contributed by atoms with Crippen LogP contribution in [0.3, 0.4) is 0 Å². The third-order valence-corrected chi connectivity index (χ3v) is 2.44. The van der Waals surface area contributed by atoms with E-state index < -0.39 is 5.54 Å². The van der Waals surface area contributed by atoms with E-state index in [1.165, 1.54) is 12.1 Å². The van der Waals surface area contributed by atoms with Crippen molar-refractivity contribution in [2.45, 2.75) is 19.4 Å². The van der Waals surface area contributed by atoms with Crippen molar-refractivity contribution in [3.63, 3.8) is 0 Å². The van der Waals surface area contributed by atoms with Gasteiger partial charge in [-0.15, -0.1) is 0 Å². The van der Waals surface area contributed by atoms with Crippen molar-refractivity contribution < 1.29 is 9.26 Å². The summed E-state index contributed by atoms with van der Waals surface area (Å²) in [6.07, 6.45) is 0. The molecule has 19 heavy (non-hydrogen) atoms. The summed E-state index contributed by atoms with van der Waals surface area (Å²) in [6, 6.07) is 2.82. The molecule has 0 radical (unpaired) electrons. The summed E-state index contributed by atoms with van der Waals surface area (Å²) < 4.78 is 10.3. The van der Waals surface area contributed by atoms with Crippen LogP contribution in [0.5, 0.6) is 0 Å². The van der Waals surface area contributed by atoms with Crippen molar-refractivity contribution in [1.82, 2.24) is 20.3 Å². The van der Waals surface area contributed by atoms with Gasteiger partial charge in [-0.1, -0.05) is 5.16 Å². The van der Waals surface area contributed by atoms with Gasteiger partial charge in [-0.25, -0.2) is 5.10 Å². The Balaban J connectivity index is 2.23. The Morgan fingerprint density at radius 1 is 1.53 bits per heavy atom. The number of nitrogens with one attached hydrogen (secondary N) is 1. The molecule has 1 atom stereocenters. The molecule has 2 aromatic rings. The highest BCUT2D eigenvalue weighted by Gasteiger charge is 2.28. The summed E-state index contributed by atoms with van der Waals surface area (Å²) in [6.45, 7) is 4.46. The van der Waals surface area contributed by atoms with Gasteiger partial charge < -0.3 is 15.0 Å². The molecule has 0 saturated carbocycles. The highest BCUT2D eigenvalue weighted by atomic mass is 16.5. The van der Waals surface area contributed by atoms with Crippen LogP contribution >= 0.6 is 0 Å². The first-order valence-electron chi connectivity index (χ1n) is 5.80. The van der Waals surface area contributed by atoms with E-state index in [1.807, 2.05) is 6.92 Å². The molecule has 0 spiro atoms. The highest BCUT2D eigenvalue weighted by molar-refractivity contribution is 5.44. The molecule has 0 aliphatic rings. The van der Waals surface area contributed by atoms with Crippen LogP contribution < -0.4 is 11.3 Å². The monoisotopic (exact) mass is 265 g/mol. The minimum atomic E-state index is -0.847. The zero-order valence-electron chi connectivity index (χ0n) is 10.7. The van der Waals surface area contributed by atoms with Crippen LogP contribution in [0.4, 0.5) is 0 Å². The Morgan fingerprint density at radius 2 is 2.32 bits per heavy atom. The van der Waals surface area contributed by atoms with Gasteiger partial charge in [0.15, 0.2) is 5.82 Å². The summed E-state index contributed by atoms with van der Waals surface area (Å²) in [4.78, 5) is 15.1. The minimum Gasteiger partial charge on any atom is -0.379 e. The van der Waals surface area contributed by atoms with Crippen molar-refractivity contribution in [3.05, 3.63) is 28.3 Å². The number of rotatable bonds is 5. The van der Waals surface area contributed by atoms with Crippen molar-refractivity contribution in [1.29, 1.82) is 0 Å². The van der Waals surface area contributed by atoms with Crippen LogP contribution in [0.25, 0.3) is 11.6 Å². The fourth-order valence-corrected chi connectivity index (χ4v) is 1.40. The van der Waals surface area contributed by atoms with E-state index >= 15 is 0 Å². The molecule has 2 heterocycles. The zero-order chi connectivity index (χ0) is 13.9. The SMILES string of the molecule is CCOCC(C)(N)c1noc(-c2ccc(=O)[nH]n2)n1. The molecule has 0 fully saturated rings. The lowest BCUT2D eigenvalue weighted by Gasteiger charge is -2.19. The molecule has 0 amide bonds. The maximum Gasteiger partial charge on any atom is 0.278 e. The van der Waals surface area contributed by atoms with Gasteiger partial charge in [0, 0.05) is 12.7 Å². The number of aromatic nitrogens is 4. The molecule has 1 unspecified atom stereocenters. The Hall–Kier alpha value is -2.06. The Morgan fingerprint density at radius 3 is 2.95 bits per heavy atom. The van der Waals surface area contributed by atoms with Crippen molar-refractivity contribution in [2.24, 2.45) is 5.73 Å². The first kappa shape index (κ1) is 13.4. The molecule has 2 aromatic heterocycles. The number of nitrogens with zero attached hydrogens (tertiary/aromatic N) is 3. The van der Waals surface area contributed by atoms with Gasteiger partial charge in [0.25, 0.3) is 11.4 Å². The topological polar surface area (TPSA) is 120 Å². The molecule has 0 aliphatic heterocycles. The van der Waals surface area contributed by atoms with E-state index in [9.17, 15) is 4.79 Å². The average molecular weight is 265 g/mol. The summed E-state index contributed by atoms with van der Waals surface area (Å²) in [5.41, 5.74) is 5.28. The fourth-order valence-electron chi connectivity index (χ4n) is 1.40. The molecule has 0 bridgehead atoms. The van der Waals surface area contributed by atoms with E-state index in [0.717, 1.165) is 0 Å². The quantitative estimate of drug-likeness (QED) is 0.782. The maximum absolute atomic E-state index is 10.9. The van der Waals surface area contributed by atoms with E-state index in [1.54, 1.807) is 6.92 Å². The molecule has 3 N–H and O–H groups in total. The van der Waals surface area contributed by atoms with Gasteiger partial charge in [0.2, 0.25) is 0 Å². The van der Waals surface area contributed by atoms with Crippen LogP contribution in [-0.2, 0) is 10.3 Å². The number of aromatic amines is 1. The number of hydrogen-bond acceptors (Lipinski definition) is 7. The number of ether oxygens (including phenoxy) is 1. The van der Waals surface area contributed by atoms with Crippen molar-refractivity contribution in [3.8, 4) is 11.6 Å². The molecule has 0 aliphatic carbocycles. The van der Waals surface area contributed by atoms with E-state index in [2.05, 4.69) is 20.3 Å². The van der Waals surface area contributed by atoms with Crippen LogP contribution in [0.2, 0.25) is 0 Å². The van der Waals surface area contributed by atoms with Crippen LogP contribution in [0, 0.1) is 0 Å². The predicted molar refractivity (Wildman–Crippen MR) is 66.2 cm³/mol. The van der Waals surface area contributed by atoms with Gasteiger partial charge in [-0.2, -0.15) is 10.1 Å². The second kappa shape index (κ2) is 5.29. The Labute approximate surface area is 109 Å². The second-order valence-corrected chi connectivity index (χ2v) is 4.28. The molecule has 102 valence electrons. The highest BCUT2D eigenvalue weighted by Crippen LogP contribution is 2.19. The molecule has 0 aromatic carbocycles. The normalized spacial score (nSPS) is 14.3. The average Bonchev–Trinajstić information content (AvgIpc) is 2.88. The second-order valence-electron chi connectivity index (χ2n) is 4.28. The molecule has 8 nitrogen and oxygen atoms in total. The van der Waals surface area contributed by atoms with Crippen LogP contribution in [0.15, 0.2) is 21.5 Å². The maximum atomic E-state index is 10.9. The lowest BCUT2D eigenvalue weighted by atomic mass is 10.1. The largest absolute Gasteiger partial charge is 0.379 e. The summed E-state index contributed by atoms with van der Waals surface area (Å²) in [5.74, 6) is 0.517. The molecule has 8 heteroatoms. The van der Waals surface area contributed by atoms with Gasteiger partial charge >= 0.3 is 0 Å². The zero-order valence-corrected chi connectivity index (χ0v) is 10.7. The summed E-state index contributed by atoms with van der Waals surface area (Å²) in [7, 11) is 0. The smallest absolute Gasteiger partial charge is 0.278 e. The van der Waals surface area contributed by atoms with Gasteiger partial charge in [0.1, 0.15) is 11.2 Å². The Bertz CT molecular complexity index is 584. The number of hydrogen-bond donors (Lipinski definition) is 2.